The van der Waals surface area contributed by atoms with Gasteiger partial charge in [-0.2, -0.15) is 0 Å². The van der Waals surface area contributed by atoms with Gasteiger partial charge in [-0.15, -0.1) is 12.4 Å². The van der Waals surface area contributed by atoms with Gasteiger partial charge in [0.05, 0.1) is 12.6 Å². The van der Waals surface area contributed by atoms with Gasteiger partial charge in [0.2, 0.25) is 0 Å². The fourth-order valence-electron chi connectivity index (χ4n) is 3.00. The molecule has 6 heteroatoms. The van der Waals surface area contributed by atoms with Gasteiger partial charge in [-0.25, -0.2) is 0 Å². The second kappa shape index (κ2) is 7.45. The summed E-state index contributed by atoms with van der Waals surface area (Å²) in [5, 5.41) is 3.93. The quantitative estimate of drug-likeness (QED) is 0.905. The van der Waals surface area contributed by atoms with Crippen molar-refractivity contribution in [3.05, 3.63) is 34.9 Å². The van der Waals surface area contributed by atoms with Crippen molar-refractivity contribution >= 4 is 29.9 Å². The molecule has 3 rings (SSSR count). The van der Waals surface area contributed by atoms with Gasteiger partial charge in [0, 0.05) is 24.7 Å². The van der Waals surface area contributed by atoms with Gasteiger partial charge in [0.15, 0.2) is 0 Å². The number of amides is 1. The Labute approximate surface area is 136 Å². The zero-order chi connectivity index (χ0) is 13.9. The molecule has 2 atom stereocenters. The van der Waals surface area contributed by atoms with Crippen molar-refractivity contribution in [1.82, 2.24) is 10.2 Å². The van der Waals surface area contributed by atoms with E-state index >= 15 is 0 Å². The lowest BCUT2D eigenvalue weighted by atomic mass is 10.0. The Kier molecular flexibility index (Phi) is 5.88. The van der Waals surface area contributed by atoms with E-state index in [1.54, 1.807) is 0 Å². The van der Waals surface area contributed by atoms with E-state index in [9.17, 15) is 4.79 Å². The maximum atomic E-state index is 12.6. The number of hydrogen-bond donors (Lipinski definition) is 1. The van der Waals surface area contributed by atoms with E-state index < -0.39 is 0 Å². The number of ether oxygens (including phenoxy) is 1. The lowest BCUT2D eigenvalue weighted by molar-refractivity contribution is -0.146. The Balaban J connectivity index is 0.00000161. The predicted octanol–water partition coefficient (Wildman–Crippen LogP) is 2.41. The molecule has 2 saturated heterocycles. The van der Waals surface area contributed by atoms with Crippen molar-refractivity contribution in [3.63, 3.8) is 0 Å². The molecule has 1 aromatic carbocycles. The summed E-state index contributed by atoms with van der Waals surface area (Å²) in [7, 11) is 0. The molecule has 116 valence electrons. The molecule has 0 spiro atoms. The number of rotatable bonds is 2. The average Bonchev–Trinajstić information content (AvgIpc) is 2.97. The first-order valence-corrected chi connectivity index (χ1v) is 7.52. The standard InChI is InChI=1S/C15H19ClN2O2.ClH/c16-12-4-1-3-11(9-12)13-5-2-7-18(13)15(19)14-10-17-6-8-20-14;/h1,3-4,9,13-14,17H,2,5-8,10H2;1H. The van der Waals surface area contributed by atoms with Crippen LogP contribution in [0.3, 0.4) is 0 Å². The van der Waals surface area contributed by atoms with Crippen LogP contribution in [0.15, 0.2) is 24.3 Å². The van der Waals surface area contributed by atoms with Crippen molar-refractivity contribution < 1.29 is 9.53 Å². The van der Waals surface area contributed by atoms with Crippen molar-refractivity contribution in [2.24, 2.45) is 0 Å². The molecule has 2 aliphatic heterocycles. The summed E-state index contributed by atoms with van der Waals surface area (Å²) in [5.74, 6) is 0.0969. The van der Waals surface area contributed by atoms with Crippen molar-refractivity contribution in [2.45, 2.75) is 25.0 Å². The van der Waals surface area contributed by atoms with Crippen LogP contribution in [0.25, 0.3) is 0 Å². The number of hydrogen-bond acceptors (Lipinski definition) is 3. The molecule has 0 radical (unpaired) electrons. The highest BCUT2D eigenvalue weighted by atomic mass is 35.5. The summed E-state index contributed by atoms with van der Waals surface area (Å²) >= 11 is 6.06. The Morgan fingerprint density at radius 1 is 1.43 bits per heavy atom. The lowest BCUT2D eigenvalue weighted by Gasteiger charge is -2.31. The summed E-state index contributed by atoms with van der Waals surface area (Å²) in [4.78, 5) is 14.5. The minimum atomic E-state index is -0.344. The Bertz CT molecular complexity index is 492. The first-order valence-electron chi connectivity index (χ1n) is 7.14. The molecule has 2 heterocycles. The van der Waals surface area contributed by atoms with Crippen molar-refractivity contribution in [2.75, 3.05) is 26.2 Å². The number of carbonyl (C=O) groups excluding carboxylic acids is 1. The van der Waals surface area contributed by atoms with Crippen molar-refractivity contribution in [3.8, 4) is 0 Å². The summed E-state index contributed by atoms with van der Waals surface area (Å²) in [6.45, 7) is 2.83. The molecule has 2 unspecified atom stereocenters. The van der Waals surface area contributed by atoms with Gasteiger partial charge in [0.25, 0.3) is 5.91 Å². The number of benzene rings is 1. The second-order valence-electron chi connectivity index (χ2n) is 5.31. The molecule has 0 bridgehead atoms. The number of carbonyl (C=O) groups is 1. The fourth-order valence-corrected chi connectivity index (χ4v) is 3.20. The molecule has 4 nitrogen and oxygen atoms in total. The average molecular weight is 331 g/mol. The SMILES string of the molecule is Cl.O=C(C1CNCCO1)N1CCCC1c1cccc(Cl)c1. The third-order valence-electron chi connectivity index (χ3n) is 3.97. The summed E-state index contributed by atoms with van der Waals surface area (Å²) in [5.41, 5.74) is 1.12. The number of nitrogens with zero attached hydrogens (tertiary/aromatic N) is 1. The Hall–Kier alpha value is -0.810. The van der Waals surface area contributed by atoms with Crippen molar-refractivity contribution in [1.29, 1.82) is 0 Å². The van der Waals surface area contributed by atoms with Gasteiger partial charge in [-0.1, -0.05) is 23.7 Å². The number of nitrogens with one attached hydrogen (secondary N) is 1. The van der Waals surface area contributed by atoms with Crippen LogP contribution in [0.5, 0.6) is 0 Å². The van der Waals surface area contributed by atoms with E-state index in [1.165, 1.54) is 0 Å². The monoisotopic (exact) mass is 330 g/mol. The van der Waals surface area contributed by atoms with Gasteiger partial charge >= 0.3 is 0 Å². The second-order valence-corrected chi connectivity index (χ2v) is 5.74. The van der Waals surface area contributed by atoms with Crippen LogP contribution in [-0.4, -0.2) is 43.2 Å². The predicted molar refractivity (Wildman–Crippen MR) is 85.0 cm³/mol. The van der Waals surface area contributed by atoms with Crippen LogP contribution in [0.4, 0.5) is 0 Å². The summed E-state index contributed by atoms with van der Waals surface area (Å²) < 4.78 is 5.58. The Morgan fingerprint density at radius 2 is 2.29 bits per heavy atom. The molecule has 21 heavy (non-hydrogen) atoms. The molecular formula is C15H20Cl2N2O2. The highest BCUT2D eigenvalue weighted by Crippen LogP contribution is 2.33. The minimum Gasteiger partial charge on any atom is -0.366 e. The maximum absolute atomic E-state index is 12.6. The maximum Gasteiger partial charge on any atom is 0.253 e. The van der Waals surface area contributed by atoms with E-state index in [2.05, 4.69) is 5.32 Å². The number of halogens is 2. The Morgan fingerprint density at radius 3 is 3.00 bits per heavy atom. The van der Waals surface area contributed by atoms with Gasteiger partial charge in [-0.05, 0) is 30.5 Å². The van der Waals surface area contributed by atoms with E-state index in [4.69, 9.17) is 16.3 Å². The molecule has 1 N–H and O–H groups in total. The van der Waals surface area contributed by atoms with Crippen LogP contribution in [0, 0.1) is 0 Å². The molecular weight excluding hydrogens is 311 g/mol. The summed E-state index contributed by atoms with van der Waals surface area (Å²) in [6, 6.07) is 7.93. The van der Waals surface area contributed by atoms with Crippen LogP contribution in [0.2, 0.25) is 5.02 Å². The highest BCUT2D eigenvalue weighted by Gasteiger charge is 2.35. The first kappa shape index (κ1) is 16.6. The van der Waals surface area contributed by atoms with Gasteiger partial charge < -0.3 is 15.0 Å². The van der Waals surface area contributed by atoms with E-state index in [1.807, 2.05) is 29.2 Å². The lowest BCUT2D eigenvalue weighted by Crippen LogP contribution is -2.49. The number of morpholine rings is 1. The van der Waals surface area contributed by atoms with Crippen LogP contribution >= 0.6 is 24.0 Å². The highest BCUT2D eigenvalue weighted by molar-refractivity contribution is 6.30. The van der Waals surface area contributed by atoms with Crippen LogP contribution in [0.1, 0.15) is 24.4 Å². The van der Waals surface area contributed by atoms with Crippen LogP contribution in [-0.2, 0) is 9.53 Å². The molecule has 0 saturated carbocycles. The molecule has 2 aliphatic rings. The van der Waals surface area contributed by atoms with Crippen LogP contribution < -0.4 is 5.32 Å². The topological polar surface area (TPSA) is 41.6 Å². The molecule has 2 fully saturated rings. The third kappa shape index (κ3) is 3.69. The van der Waals surface area contributed by atoms with Gasteiger partial charge in [0.1, 0.15) is 6.10 Å². The zero-order valence-corrected chi connectivity index (χ0v) is 13.3. The molecule has 0 aromatic heterocycles. The third-order valence-corrected chi connectivity index (χ3v) is 4.21. The minimum absolute atomic E-state index is 0. The van der Waals surface area contributed by atoms with E-state index in [-0.39, 0.29) is 30.5 Å². The van der Waals surface area contributed by atoms with E-state index in [0.29, 0.717) is 13.2 Å². The zero-order valence-electron chi connectivity index (χ0n) is 11.8. The normalized spacial score (nSPS) is 25.5. The summed E-state index contributed by atoms with van der Waals surface area (Å²) in [6.07, 6.45) is 1.68. The van der Waals surface area contributed by atoms with Gasteiger partial charge in [-0.3, -0.25) is 4.79 Å². The first-order chi connectivity index (χ1) is 9.75. The molecule has 0 aliphatic carbocycles. The largest absolute Gasteiger partial charge is 0.366 e. The molecule has 1 amide bonds. The molecule has 1 aromatic rings. The number of likely N-dealkylation sites (tertiary alicyclic amines) is 1. The smallest absolute Gasteiger partial charge is 0.253 e. The fraction of sp³-hybridized carbons (Fsp3) is 0.533. The van der Waals surface area contributed by atoms with E-state index in [0.717, 1.165) is 36.5 Å².